The standard InChI is InChI=1S/C25H30ClN3O4S/c1-5-24(3,4)34(32,33)25(10-11-25)16-28-12-13-29-20(23(28)31)14-17(2)21(29)22(30)27-15-18-6-8-19(26)9-7-18/h5-9,14H,1,10-13,15-16H2,2-4H3,(H,27,30). The van der Waals surface area contributed by atoms with Crippen LogP contribution in [0.3, 0.4) is 0 Å². The van der Waals surface area contributed by atoms with E-state index in [1.165, 1.54) is 6.08 Å². The van der Waals surface area contributed by atoms with Gasteiger partial charge in [0.2, 0.25) is 0 Å². The summed E-state index contributed by atoms with van der Waals surface area (Å²) < 4.78 is 26.3. The van der Waals surface area contributed by atoms with Crippen molar-refractivity contribution in [3.8, 4) is 0 Å². The molecule has 2 aromatic rings. The zero-order valence-corrected chi connectivity index (χ0v) is 21.3. The number of fused-ring (bicyclic) bond motifs is 1. The topological polar surface area (TPSA) is 88.5 Å². The van der Waals surface area contributed by atoms with Crippen LogP contribution in [-0.2, 0) is 22.9 Å². The Labute approximate surface area is 205 Å². The summed E-state index contributed by atoms with van der Waals surface area (Å²) in [5.41, 5.74) is 2.50. The number of aryl methyl sites for hydroxylation is 1. The number of nitrogens with zero attached hydrogens (tertiary/aromatic N) is 2. The molecule has 1 saturated carbocycles. The summed E-state index contributed by atoms with van der Waals surface area (Å²) in [5, 5.41) is 3.54. The molecule has 0 spiro atoms. The van der Waals surface area contributed by atoms with Crippen LogP contribution in [0.4, 0.5) is 0 Å². The van der Waals surface area contributed by atoms with E-state index in [0.29, 0.717) is 54.4 Å². The molecule has 1 fully saturated rings. The van der Waals surface area contributed by atoms with E-state index < -0.39 is 19.3 Å². The van der Waals surface area contributed by atoms with Gasteiger partial charge in [-0.15, -0.1) is 6.58 Å². The lowest BCUT2D eigenvalue weighted by molar-refractivity contribution is 0.0698. The van der Waals surface area contributed by atoms with Gasteiger partial charge in [-0.3, -0.25) is 9.59 Å². The molecule has 0 atom stereocenters. The van der Waals surface area contributed by atoms with E-state index >= 15 is 0 Å². The van der Waals surface area contributed by atoms with E-state index in [1.807, 2.05) is 12.1 Å². The molecule has 0 unspecified atom stereocenters. The van der Waals surface area contributed by atoms with Crippen LogP contribution < -0.4 is 5.32 Å². The van der Waals surface area contributed by atoms with Gasteiger partial charge in [-0.05, 0) is 62.9 Å². The number of benzene rings is 1. The van der Waals surface area contributed by atoms with Crippen LogP contribution >= 0.6 is 11.6 Å². The first kappa shape index (κ1) is 24.5. The van der Waals surface area contributed by atoms with Gasteiger partial charge < -0.3 is 14.8 Å². The van der Waals surface area contributed by atoms with Crippen LogP contribution in [0.25, 0.3) is 0 Å². The molecular formula is C25H30ClN3O4S. The van der Waals surface area contributed by atoms with Crippen molar-refractivity contribution in [1.82, 2.24) is 14.8 Å². The van der Waals surface area contributed by atoms with Crippen molar-refractivity contribution in [2.24, 2.45) is 0 Å². The maximum Gasteiger partial charge on any atom is 0.270 e. The molecule has 1 N–H and O–H groups in total. The van der Waals surface area contributed by atoms with Crippen LogP contribution in [0.15, 0.2) is 43.0 Å². The molecule has 2 heterocycles. The summed E-state index contributed by atoms with van der Waals surface area (Å²) in [7, 11) is -3.52. The third-order valence-electron chi connectivity index (χ3n) is 7.01. The second kappa shape index (κ2) is 8.57. The van der Waals surface area contributed by atoms with Crippen LogP contribution in [0, 0.1) is 6.92 Å². The van der Waals surface area contributed by atoms with E-state index in [9.17, 15) is 18.0 Å². The minimum Gasteiger partial charge on any atom is -0.347 e. The molecule has 0 radical (unpaired) electrons. The van der Waals surface area contributed by atoms with Crippen molar-refractivity contribution in [2.75, 3.05) is 13.1 Å². The number of hydrogen-bond acceptors (Lipinski definition) is 4. The smallest absolute Gasteiger partial charge is 0.270 e. The van der Waals surface area contributed by atoms with E-state index in [2.05, 4.69) is 11.9 Å². The molecular weight excluding hydrogens is 474 g/mol. The first-order chi connectivity index (χ1) is 15.9. The van der Waals surface area contributed by atoms with E-state index in [4.69, 9.17) is 11.6 Å². The van der Waals surface area contributed by atoms with Gasteiger partial charge in [0.1, 0.15) is 11.4 Å². The van der Waals surface area contributed by atoms with Gasteiger partial charge in [0.05, 0.1) is 9.49 Å². The Bertz CT molecular complexity index is 1260. The molecule has 1 aliphatic heterocycles. The number of rotatable bonds is 8. The average Bonchev–Trinajstić information content (AvgIpc) is 3.51. The number of carbonyl (C=O) groups excluding carboxylic acids is 2. The summed E-state index contributed by atoms with van der Waals surface area (Å²) in [5.74, 6) is -0.502. The maximum atomic E-state index is 13.3. The van der Waals surface area contributed by atoms with Crippen molar-refractivity contribution in [3.63, 3.8) is 0 Å². The Morgan fingerprint density at radius 1 is 1.24 bits per heavy atom. The maximum absolute atomic E-state index is 13.3. The first-order valence-corrected chi connectivity index (χ1v) is 13.2. The summed E-state index contributed by atoms with van der Waals surface area (Å²) in [6.45, 7) is 10.1. The van der Waals surface area contributed by atoms with Gasteiger partial charge in [-0.1, -0.05) is 29.8 Å². The van der Waals surface area contributed by atoms with E-state index in [1.54, 1.807) is 48.4 Å². The number of hydrogen-bond donors (Lipinski definition) is 1. The lowest BCUT2D eigenvalue weighted by Crippen LogP contribution is -2.50. The predicted molar refractivity (Wildman–Crippen MR) is 133 cm³/mol. The Balaban J connectivity index is 1.51. The van der Waals surface area contributed by atoms with Crippen LogP contribution in [0.5, 0.6) is 0 Å². The molecule has 1 aliphatic carbocycles. The number of amides is 2. The van der Waals surface area contributed by atoms with E-state index in [0.717, 1.165) is 5.56 Å². The second-order valence-corrected chi connectivity index (χ2v) is 13.1. The van der Waals surface area contributed by atoms with Gasteiger partial charge in [0.25, 0.3) is 11.8 Å². The molecule has 0 saturated heterocycles. The lowest BCUT2D eigenvalue weighted by Gasteiger charge is -2.34. The molecule has 34 heavy (non-hydrogen) atoms. The highest BCUT2D eigenvalue weighted by atomic mass is 35.5. The molecule has 7 nitrogen and oxygen atoms in total. The fourth-order valence-corrected chi connectivity index (χ4v) is 6.99. The van der Waals surface area contributed by atoms with Gasteiger partial charge in [-0.25, -0.2) is 8.42 Å². The number of sulfone groups is 1. The van der Waals surface area contributed by atoms with Gasteiger partial charge in [0.15, 0.2) is 9.84 Å². The normalized spacial score (nSPS) is 17.3. The van der Waals surface area contributed by atoms with Crippen LogP contribution in [0.1, 0.15) is 58.8 Å². The third-order valence-corrected chi connectivity index (χ3v) is 10.5. The van der Waals surface area contributed by atoms with Crippen molar-refractivity contribution in [3.05, 3.63) is 70.5 Å². The summed E-state index contributed by atoms with van der Waals surface area (Å²) in [6, 6.07) is 8.95. The number of carbonyl (C=O) groups is 2. The Morgan fingerprint density at radius 3 is 2.47 bits per heavy atom. The zero-order valence-electron chi connectivity index (χ0n) is 19.7. The minimum atomic E-state index is -3.52. The SMILES string of the molecule is C=CC(C)(C)S(=O)(=O)C1(CN2CCn3c(cc(C)c3C(=O)NCc3ccc(Cl)cc3)C2=O)CC1. The highest BCUT2D eigenvalue weighted by Crippen LogP contribution is 2.49. The minimum absolute atomic E-state index is 0.160. The fourth-order valence-electron chi connectivity index (χ4n) is 4.57. The summed E-state index contributed by atoms with van der Waals surface area (Å²) in [4.78, 5) is 27.9. The van der Waals surface area contributed by atoms with E-state index in [-0.39, 0.29) is 18.4 Å². The highest BCUT2D eigenvalue weighted by molar-refractivity contribution is 7.94. The number of nitrogens with one attached hydrogen (secondary N) is 1. The molecule has 1 aromatic carbocycles. The van der Waals surface area contributed by atoms with Crippen LogP contribution in [-0.4, -0.2) is 52.3 Å². The quantitative estimate of drug-likeness (QED) is 0.556. The first-order valence-electron chi connectivity index (χ1n) is 11.3. The number of halogens is 1. The average molecular weight is 504 g/mol. The zero-order chi connectivity index (χ0) is 24.9. The lowest BCUT2D eigenvalue weighted by atomic mass is 10.2. The molecule has 0 bridgehead atoms. The Hall–Kier alpha value is -2.58. The largest absolute Gasteiger partial charge is 0.347 e. The molecule has 2 aliphatic rings. The third kappa shape index (κ3) is 4.07. The van der Waals surface area contributed by atoms with Gasteiger partial charge in [-0.2, -0.15) is 0 Å². The molecule has 4 rings (SSSR count). The van der Waals surface area contributed by atoms with Crippen LogP contribution in [0.2, 0.25) is 5.02 Å². The van der Waals surface area contributed by atoms with Crippen molar-refractivity contribution < 1.29 is 18.0 Å². The fraction of sp³-hybridized carbons (Fsp3) is 0.440. The number of aromatic nitrogens is 1. The van der Waals surface area contributed by atoms with Gasteiger partial charge >= 0.3 is 0 Å². The predicted octanol–water partition coefficient (Wildman–Crippen LogP) is 3.75. The van der Waals surface area contributed by atoms with Gasteiger partial charge in [0, 0.05) is 31.2 Å². The molecule has 182 valence electrons. The van der Waals surface area contributed by atoms with Crippen molar-refractivity contribution in [1.29, 1.82) is 0 Å². The molecule has 1 aromatic heterocycles. The molecule has 9 heteroatoms. The summed E-state index contributed by atoms with van der Waals surface area (Å²) >= 11 is 5.92. The van der Waals surface area contributed by atoms with Crippen molar-refractivity contribution >= 4 is 33.3 Å². The monoisotopic (exact) mass is 503 g/mol. The highest BCUT2D eigenvalue weighted by Gasteiger charge is 2.60. The molecule has 2 amide bonds. The summed E-state index contributed by atoms with van der Waals surface area (Å²) in [6.07, 6.45) is 2.54. The Morgan fingerprint density at radius 2 is 1.88 bits per heavy atom. The van der Waals surface area contributed by atoms with Crippen molar-refractivity contribution in [2.45, 2.75) is 56.2 Å². The second-order valence-electron chi connectivity index (χ2n) is 9.74. The Kier molecular flexibility index (Phi) is 6.19.